The largest absolute Gasteiger partial charge is 0.450 e. The smallest absolute Gasteiger partial charge is 0.407 e. The second kappa shape index (κ2) is 8.76. The van der Waals surface area contributed by atoms with Crippen molar-refractivity contribution in [3.05, 3.63) is 35.9 Å². The van der Waals surface area contributed by atoms with Gasteiger partial charge in [0, 0.05) is 7.11 Å². The highest BCUT2D eigenvalue weighted by Crippen LogP contribution is 2.25. The Morgan fingerprint density at radius 1 is 1.27 bits per heavy atom. The van der Waals surface area contributed by atoms with E-state index in [1.54, 1.807) is 14.0 Å². The number of carbonyl (C=O) groups excluding carboxylic acids is 1. The molecule has 1 amide bonds. The number of carbonyl (C=O) groups is 1. The van der Waals surface area contributed by atoms with E-state index in [1.807, 2.05) is 30.3 Å². The fourth-order valence-electron chi connectivity index (χ4n) is 2.88. The Morgan fingerprint density at radius 3 is 2.73 bits per heavy atom. The third-order valence-corrected chi connectivity index (χ3v) is 3.92. The van der Waals surface area contributed by atoms with Crippen molar-refractivity contribution < 1.29 is 19.0 Å². The second-order valence-corrected chi connectivity index (χ2v) is 5.44. The van der Waals surface area contributed by atoms with Crippen LogP contribution in [0.2, 0.25) is 0 Å². The molecule has 0 heterocycles. The lowest BCUT2D eigenvalue weighted by molar-refractivity contribution is -0.0955. The van der Waals surface area contributed by atoms with Gasteiger partial charge in [-0.1, -0.05) is 30.3 Å². The molecule has 0 bridgehead atoms. The number of methoxy groups -OCH3 is 1. The number of hydrogen-bond donors (Lipinski definition) is 1. The number of nitrogens with one attached hydrogen (secondary N) is 1. The van der Waals surface area contributed by atoms with Crippen LogP contribution in [0.5, 0.6) is 0 Å². The SMILES string of the molecule is CCOC(=O)N[C@@H]1CCC[C@H](OCc2ccccc2)[C@H]1OC. The molecule has 1 N–H and O–H groups in total. The van der Waals surface area contributed by atoms with Gasteiger partial charge in [-0.05, 0) is 31.7 Å². The van der Waals surface area contributed by atoms with Gasteiger partial charge < -0.3 is 19.5 Å². The van der Waals surface area contributed by atoms with Crippen LogP contribution in [0.3, 0.4) is 0 Å². The summed E-state index contributed by atoms with van der Waals surface area (Å²) >= 11 is 0. The van der Waals surface area contributed by atoms with Gasteiger partial charge in [0.2, 0.25) is 0 Å². The predicted octanol–water partition coefficient (Wildman–Crippen LogP) is 2.89. The Hall–Kier alpha value is -1.59. The molecule has 0 aliphatic heterocycles. The molecule has 5 nitrogen and oxygen atoms in total. The molecule has 0 saturated heterocycles. The van der Waals surface area contributed by atoms with Gasteiger partial charge >= 0.3 is 6.09 Å². The zero-order chi connectivity index (χ0) is 15.8. The van der Waals surface area contributed by atoms with E-state index in [4.69, 9.17) is 14.2 Å². The summed E-state index contributed by atoms with van der Waals surface area (Å²) in [5.74, 6) is 0. The standard InChI is InChI=1S/C17H25NO4/c1-3-21-17(19)18-14-10-7-11-15(16(14)20-2)22-12-13-8-5-4-6-9-13/h4-6,8-9,14-16H,3,7,10-12H2,1-2H3,(H,18,19)/t14-,15+,16+/m1/s1. The van der Waals surface area contributed by atoms with Crippen molar-refractivity contribution in [1.29, 1.82) is 0 Å². The average Bonchev–Trinajstić information content (AvgIpc) is 2.54. The molecule has 1 aliphatic rings. The predicted molar refractivity (Wildman–Crippen MR) is 83.6 cm³/mol. The summed E-state index contributed by atoms with van der Waals surface area (Å²) in [7, 11) is 1.66. The fourth-order valence-corrected chi connectivity index (χ4v) is 2.88. The van der Waals surface area contributed by atoms with E-state index in [0.717, 1.165) is 24.8 Å². The number of hydrogen-bond acceptors (Lipinski definition) is 4. The summed E-state index contributed by atoms with van der Waals surface area (Å²) in [5.41, 5.74) is 1.14. The van der Waals surface area contributed by atoms with Crippen LogP contribution >= 0.6 is 0 Å². The first-order valence-electron chi connectivity index (χ1n) is 7.86. The lowest BCUT2D eigenvalue weighted by Gasteiger charge is -2.37. The van der Waals surface area contributed by atoms with Crippen LogP contribution in [0.1, 0.15) is 31.7 Å². The van der Waals surface area contributed by atoms with E-state index in [9.17, 15) is 4.79 Å². The number of amides is 1. The maximum absolute atomic E-state index is 11.6. The highest BCUT2D eigenvalue weighted by Gasteiger charge is 2.35. The molecule has 22 heavy (non-hydrogen) atoms. The first-order chi connectivity index (χ1) is 10.7. The van der Waals surface area contributed by atoms with Crippen molar-refractivity contribution >= 4 is 6.09 Å². The molecule has 0 radical (unpaired) electrons. The third kappa shape index (κ3) is 4.71. The van der Waals surface area contributed by atoms with Gasteiger partial charge in [0.15, 0.2) is 0 Å². The summed E-state index contributed by atoms with van der Waals surface area (Å²) in [4.78, 5) is 11.6. The molecule has 1 aromatic carbocycles. The molecule has 1 fully saturated rings. The molecule has 1 aliphatic carbocycles. The molecule has 5 heteroatoms. The van der Waals surface area contributed by atoms with Crippen LogP contribution in [0.25, 0.3) is 0 Å². The molecule has 0 aromatic heterocycles. The fraction of sp³-hybridized carbons (Fsp3) is 0.588. The Kier molecular flexibility index (Phi) is 6.68. The quantitative estimate of drug-likeness (QED) is 0.878. The van der Waals surface area contributed by atoms with Gasteiger partial charge in [-0.25, -0.2) is 4.79 Å². The Labute approximate surface area is 131 Å². The van der Waals surface area contributed by atoms with Crippen LogP contribution in [-0.4, -0.2) is 38.1 Å². The van der Waals surface area contributed by atoms with E-state index in [-0.39, 0.29) is 18.2 Å². The van der Waals surface area contributed by atoms with Crippen molar-refractivity contribution in [1.82, 2.24) is 5.32 Å². The van der Waals surface area contributed by atoms with Gasteiger partial charge in [0.25, 0.3) is 0 Å². The average molecular weight is 307 g/mol. The van der Waals surface area contributed by atoms with E-state index >= 15 is 0 Å². The maximum atomic E-state index is 11.6. The third-order valence-electron chi connectivity index (χ3n) is 3.92. The first-order valence-corrected chi connectivity index (χ1v) is 7.86. The maximum Gasteiger partial charge on any atom is 0.407 e. The first kappa shape index (κ1) is 16.8. The summed E-state index contributed by atoms with van der Waals surface area (Å²) in [6.07, 6.45) is 2.25. The molecular formula is C17H25NO4. The topological polar surface area (TPSA) is 56.8 Å². The van der Waals surface area contributed by atoms with Crippen LogP contribution in [0.4, 0.5) is 4.79 Å². The molecule has 122 valence electrons. The minimum absolute atomic E-state index is 0.0223. The summed E-state index contributed by atoms with van der Waals surface area (Å²) in [6, 6.07) is 9.99. The van der Waals surface area contributed by atoms with Crippen LogP contribution in [0.15, 0.2) is 30.3 Å². The highest BCUT2D eigenvalue weighted by atomic mass is 16.6. The van der Waals surface area contributed by atoms with Crippen molar-refractivity contribution in [2.75, 3.05) is 13.7 Å². The zero-order valence-electron chi connectivity index (χ0n) is 13.3. The molecule has 1 saturated carbocycles. The molecular weight excluding hydrogens is 282 g/mol. The van der Waals surface area contributed by atoms with Gasteiger partial charge in [-0.2, -0.15) is 0 Å². The molecule has 3 atom stereocenters. The minimum Gasteiger partial charge on any atom is -0.450 e. The normalized spacial score (nSPS) is 24.7. The van der Waals surface area contributed by atoms with Crippen LogP contribution in [0, 0.1) is 0 Å². The Balaban J connectivity index is 1.91. The summed E-state index contributed by atoms with van der Waals surface area (Å²) in [6.45, 7) is 2.71. The molecule has 1 aromatic rings. The van der Waals surface area contributed by atoms with Gasteiger partial charge in [0.1, 0.15) is 6.10 Å². The molecule has 0 unspecified atom stereocenters. The van der Waals surface area contributed by atoms with Crippen molar-refractivity contribution in [2.45, 2.75) is 51.0 Å². The minimum atomic E-state index is -0.391. The molecule has 0 spiro atoms. The van der Waals surface area contributed by atoms with Crippen molar-refractivity contribution in [3.8, 4) is 0 Å². The number of ether oxygens (including phenoxy) is 3. The molecule has 2 rings (SSSR count). The lowest BCUT2D eigenvalue weighted by atomic mass is 9.89. The summed E-state index contributed by atoms with van der Waals surface area (Å²) in [5, 5.41) is 2.88. The van der Waals surface area contributed by atoms with E-state index in [1.165, 1.54) is 0 Å². The lowest BCUT2D eigenvalue weighted by Crippen LogP contribution is -2.52. The van der Waals surface area contributed by atoms with Crippen LogP contribution < -0.4 is 5.32 Å². The van der Waals surface area contributed by atoms with Gasteiger partial charge in [0.05, 0.1) is 25.4 Å². The number of rotatable bonds is 6. The Bertz CT molecular complexity index is 451. The van der Waals surface area contributed by atoms with E-state index < -0.39 is 6.09 Å². The zero-order valence-corrected chi connectivity index (χ0v) is 13.3. The van der Waals surface area contributed by atoms with Crippen molar-refractivity contribution in [3.63, 3.8) is 0 Å². The van der Waals surface area contributed by atoms with Crippen LogP contribution in [-0.2, 0) is 20.8 Å². The number of alkyl carbamates (subject to hydrolysis) is 1. The number of benzene rings is 1. The highest BCUT2D eigenvalue weighted by molar-refractivity contribution is 5.67. The van der Waals surface area contributed by atoms with E-state index in [2.05, 4.69) is 5.32 Å². The monoisotopic (exact) mass is 307 g/mol. The second-order valence-electron chi connectivity index (χ2n) is 5.44. The summed E-state index contributed by atoms with van der Waals surface area (Å²) < 4.78 is 16.6. The van der Waals surface area contributed by atoms with E-state index in [0.29, 0.717) is 13.2 Å². The van der Waals surface area contributed by atoms with Gasteiger partial charge in [-0.3, -0.25) is 0 Å². The van der Waals surface area contributed by atoms with Crippen molar-refractivity contribution in [2.24, 2.45) is 0 Å². The van der Waals surface area contributed by atoms with Gasteiger partial charge in [-0.15, -0.1) is 0 Å². The Morgan fingerprint density at radius 2 is 2.05 bits per heavy atom.